The molecule has 0 fully saturated rings. The lowest BCUT2D eigenvalue weighted by molar-refractivity contribution is -0.120. The van der Waals surface area contributed by atoms with E-state index in [4.69, 9.17) is 0 Å². The summed E-state index contributed by atoms with van der Waals surface area (Å²) in [5.41, 5.74) is 1.50. The third-order valence-corrected chi connectivity index (χ3v) is 2.61. The maximum Gasteiger partial charge on any atom is 0.251 e. The summed E-state index contributed by atoms with van der Waals surface area (Å²) in [6.07, 6.45) is 0.880. The van der Waals surface area contributed by atoms with Gasteiger partial charge in [-0.15, -0.1) is 0 Å². The van der Waals surface area contributed by atoms with Crippen molar-refractivity contribution in [1.82, 2.24) is 10.6 Å². The molecule has 0 spiro atoms. The minimum absolute atomic E-state index is 0.00499. The zero-order valence-electron chi connectivity index (χ0n) is 11.7. The van der Waals surface area contributed by atoms with Crippen molar-refractivity contribution in [1.29, 1.82) is 0 Å². The molecule has 5 heteroatoms. The van der Waals surface area contributed by atoms with Gasteiger partial charge >= 0.3 is 0 Å². The molecule has 1 aromatic carbocycles. The molecule has 104 valence electrons. The van der Waals surface area contributed by atoms with E-state index >= 15 is 0 Å². The second-order valence-corrected chi connectivity index (χ2v) is 4.48. The van der Waals surface area contributed by atoms with Crippen LogP contribution in [0.5, 0.6) is 0 Å². The van der Waals surface area contributed by atoms with Crippen LogP contribution in [0.1, 0.15) is 23.7 Å². The summed E-state index contributed by atoms with van der Waals surface area (Å²) in [7, 11) is 3.82. The highest BCUT2D eigenvalue weighted by atomic mass is 16.2. The van der Waals surface area contributed by atoms with Crippen LogP contribution in [0.15, 0.2) is 24.3 Å². The van der Waals surface area contributed by atoms with Crippen molar-refractivity contribution in [2.24, 2.45) is 0 Å². The van der Waals surface area contributed by atoms with Crippen LogP contribution in [-0.4, -0.2) is 39.0 Å². The topological polar surface area (TPSA) is 61.4 Å². The lowest BCUT2D eigenvalue weighted by Gasteiger charge is -2.13. The van der Waals surface area contributed by atoms with Crippen LogP contribution in [0.4, 0.5) is 5.69 Å². The van der Waals surface area contributed by atoms with Crippen LogP contribution in [0.25, 0.3) is 0 Å². The van der Waals surface area contributed by atoms with E-state index in [2.05, 4.69) is 10.6 Å². The van der Waals surface area contributed by atoms with E-state index in [1.54, 1.807) is 12.1 Å². The zero-order valence-corrected chi connectivity index (χ0v) is 11.7. The van der Waals surface area contributed by atoms with Crippen LogP contribution in [0, 0.1) is 0 Å². The summed E-state index contributed by atoms with van der Waals surface area (Å²) in [4.78, 5) is 25.2. The maximum absolute atomic E-state index is 11.9. The first-order chi connectivity index (χ1) is 9.04. The fourth-order valence-corrected chi connectivity index (χ4v) is 1.51. The van der Waals surface area contributed by atoms with E-state index in [1.165, 1.54) is 0 Å². The van der Waals surface area contributed by atoms with Gasteiger partial charge in [0.25, 0.3) is 5.91 Å². The quantitative estimate of drug-likeness (QED) is 0.805. The summed E-state index contributed by atoms with van der Waals surface area (Å²) in [5, 5.41) is 5.31. The molecule has 0 unspecified atom stereocenters. The molecule has 5 nitrogen and oxygen atoms in total. The molecular weight excluding hydrogens is 242 g/mol. The van der Waals surface area contributed by atoms with Gasteiger partial charge in [0.2, 0.25) is 5.91 Å². The molecule has 2 amide bonds. The first kappa shape index (κ1) is 15.0. The fourth-order valence-electron chi connectivity index (χ4n) is 1.51. The molecule has 0 aromatic heterocycles. The van der Waals surface area contributed by atoms with Crippen molar-refractivity contribution in [2.75, 3.05) is 32.1 Å². The Hall–Kier alpha value is -2.04. The SMILES string of the molecule is CCCNC(=O)CNC(=O)c1cccc(N(C)C)c1. The third kappa shape index (κ3) is 4.99. The Labute approximate surface area is 114 Å². The molecule has 0 atom stereocenters. The minimum atomic E-state index is -0.240. The second-order valence-electron chi connectivity index (χ2n) is 4.48. The Bertz CT molecular complexity index is 444. The van der Waals surface area contributed by atoms with Gasteiger partial charge < -0.3 is 15.5 Å². The number of rotatable bonds is 6. The Morgan fingerprint density at radius 1 is 1.21 bits per heavy atom. The first-order valence-corrected chi connectivity index (χ1v) is 6.37. The third-order valence-electron chi connectivity index (χ3n) is 2.61. The average molecular weight is 263 g/mol. The number of carbonyl (C=O) groups is 2. The highest BCUT2D eigenvalue weighted by Crippen LogP contribution is 2.12. The molecule has 2 N–H and O–H groups in total. The van der Waals surface area contributed by atoms with Gasteiger partial charge in [-0.25, -0.2) is 0 Å². The molecule has 0 saturated heterocycles. The predicted molar refractivity (Wildman–Crippen MR) is 76.4 cm³/mol. The standard InChI is InChI=1S/C14H21N3O2/c1-4-8-15-13(18)10-16-14(19)11-6-5-7-12(9-11)17(2)3/h5-7,9H,4,8,10H2,1-3H3,(H,15,18)(H,16,19). The van der Waals surface area contributed by atoms with E-state index in [0.717, 1.165) is 12.1 Å². The average Bonchev–Trinajstić information content (AvgIpc) is 2.42. The highest BCUT2D eigenvalue weighted by Gasteiger charge is 2.08. The molecule has 0 bridgehead atoms. The van der Waals surface area contributed by atoms with E-state index in [-0.39, 0.29) is 18.4 Å². The van der Waals surface area contributed by atoms with E-state index in [0.29, 0.717) is 12.1 Å². The first-order valence-electron chi connectivity index (χ1n) is 6.37. The van der Waals surface area contributed by atoms with Gasteiger partial charge in [0.15, 0.2) is 0 Å². The van der Waals surface area contributed by atoms with Crippen molar-refractivity contribution < 1.29 is 9.59 Å². The van der Waals surface area contributed by atoms with E-state index in [9.17, 15) is 9.59 Å². The van der Waals surface area contributed by atoms with Gasteiger partial charge in [-0.05, 0) is 24.6 Å². The zero-order chi connectivity index (χ0) is 14.3. The van der Waals surface area contributed by atoms with Crippen molar-refractivity contribution in [3.8, 4) is 0 Å². The van der Waals surface area contributed by atoms with Gasteiger partial charge in [-0.2, -0.15) is 0 Å². The molecule has 0 saturated carbocycles. The number of nitrogens with one attached hydrogen (secondary N) is 2. The molecule has 0 aliphatic carbocycles. The van der Waals surface area contributed by atoms with Crippen LogP contribution >= 0.6 is 0 Å². The van der Waals surface area contributed by atoms with Gasteiger partial charge in [0.1, 0.15) is 0 Å². The normalized spacial score (nSPS) is 9.84. The highest BCUT2D eigenvalue weighted by molar-refractivity contribution is 5.97. The van der Waals surface area contributed by atoms with Gasteiger partial charge in [-0.3, -0.25) is 9.59 Å². The molecule has 1 rings (SSSR count). The Morgan fingerprint density at radius 2 is 1.95 bits per heavy atom. The summed E-state index contributed by atoms with van der Waals surface area (Å²) >= 11 is 0. The van der Waals surface area contributed by atoms with Crippen LogP contribution in [0.3, 0.4) is 0 Å². The van der Waals surface area contributed by atoms with Crippen molar-refractivity contribution in [3.63, 3.8) is 0 Å². The van der Waals surface area contributed by atoms with E-state index < -0.39 is 0 Å². The maximum atomic E-state index is 11.9. The summed E-state index contributed by atoms with van der Waals surface area (Å²) < 4.78 is 0. The largest absolute Gasteiger partial charge is 0.378 e. The van der Waals surface area contributed by atoms with E-state index in [1.807, 2.05) is 38.1 Å². The number of hydrogen-bond donors (Lipinski definition) is 2. The molecule has 0 radical (unpaired) electrons. The number of hydrogen-bond acceptors (Lipinski definition) is 3. The molecule has 1 aromatic rings. The van der Waals surface area contributed by atoms with Gasteiger partial charge in [0, 0.05) is 31.9 Å². The number of amides is 2. The number of nitrogens with zero attached hydrogens (tertiary/aromatic N) is 1. The van der Waals surface area contributed by atoms with Crippen LogP contribution < -0.4 is 15.5 Å². The molecular formula is C14H21N3O2. The Kier molecular flexibility index (Phi) is 5.85. The lowest BCUT2D eigenvalue weighted by Crippen LogP contribution is -2.37. The Morgan fingerprint density at radius 3 is 2.58 bits per heavy atom. The second kappa shape index (κ2) is 7.41. The fraction of sp³-hybridized carbons (Fsp3) is 0.429. The molecule has 19 heavy (non-hydrogen) atoms. The summed E-state index contributed by atoms with van der Waals surface area (Å²) in [5.74, 6) is -0.408. The van der Waals surface area contributed by atoms with Crippen molar-refractivity contribution >= 4 is 17.5 Å². The molecule has 0 aliphatic heterocycles. The smallest absolute Gasteiger partial charge is 0.251 e. The van der Waals surface area contributed by atoms with Crippen molar-refractivity contribution in [3.05, 3.63) is 29.8 Å². The van der Waals surface area contributed by atoms with Gasteiger partial charge in [-0.1, -0.05) is 13.0 Å². The molecule has 0 heterocycles. The predicted octanol–water partition coefficient (Wildman–Crippen LogP) is 1.01. The Balaban J connectivity index is 2.54. The van der Waals surface area contributed by atoms with Gasteiger partial charge in [0.05, 0.1) is 6.54 Å². The minimum Gasteiger partial charge on any atom is -0.378 e. The lowest BCUT2D eigenvalue weighted by atomic mass is 10.2. The molecule has 0 aliphatic rings. The summed E-state index contributed by atoms with van der Waals surface area (Å²) in [6.45, 7) is 2.61. The number of anilines is 1. The number of benzene rings is 1. The number of carbonyl (C=O) groups excluding carboxylic acids is 2. The monoisotopic (exact) mass is 263 g/mol. The van der Waals surface area contributed by atoms with Crippen LogP contribution in [0.2, 0.25) is 0 Å². The van der Waals surface area contributed by atoms with Crippen molar-refractivity contribution in [2.45, 2.75) is 13.3 Å². The summed E-state index contributed by atoms with van der Waals surface area (Å²) in [6, 6.07) is 7.26. The van der Waals surface area contributed by atoms with Crippen LogP contribution in [-0.2, 0) is 4.79 Å².